The molecule has 7 heteroatoms. The number of benzene rings is 3. The molecule has 1 fully saturated rings. The fraction of sp³-hybridized carbons (Fsp3) is 0.312. The zero-order valence-corrected chi connectivity index (χ0v) is 22.7. The van der Waals surface area contributed by atoms with Crippen molar-refractivity contribution in [1.82, 2.24) is 4.90 Å². The lowest BCUT2D eigenvalue weighted by Crippen LogP contribution is -2.31. The molecule has 0 spiro atoms. The van der Waals surface area contributed by atoms with Crippen LogP contribution in [-0.2, 0) is 16.0 Å². The van der Waals surface area contributed by atoms with Crippen LogP contribution in [0, 0.1) is 0 Å². The Kier molecular flexibility index (Phi) is 9.26. The van der Waals surface area contributed by atoms with Crippen molar-refractivity contribution in [3.63, 3.8) is 0 Å². The summed E-state index contributed by atoms with van der Waals surface area (Å²) in [7, 11) is 1.55. The number of amides is 1. The summed E-state index contributed by atoms with van der Waals surface area (Å²) in [6, 6.07) is 21.2. The molecule has 3 aromatic rings. The molecule has 1 aliphatic heterocycles. The zero-order valence-electron chi connectivity index (χ0n) is 22.7. The summed E-state index contributed by atoms with van der Waals surface area (Å²) in [6.07, 6.45) is 2.47. The monoisotopic (exact) mass is 529 g/mol. The second kappa shape index (κ2) is 13.0. The number of carbonyl (C=O) groups is 2. The largest absolute Gasteiger partial charge is 0.507 e. The summed E-state index contributed by atoms with van der Waals surface area (Å²) in [5.41, 5.74) is 2.17. The molecule has 0 aliphatic carbocycles. The first-order chi connectivity index (χ1) is 19.0. The number of unbranched alkanes of at least 4 members (excludes halogenated alkanes) is 1. The molecule has 1 amide bonds. The molecule has 1 saturated heterocycles. The van der Waals surface area contributed by atoms with Crippen molar-refractivity contribution < 1.29 is 28.9 Å². The van der Waals surface area contributed by atoms with E-state index in [4.69, 9.17) is 14.2 Å². The third-order valence-corrected chi connectivity index (χ3v) is 6.73. The molecule has 1 N–H and O–H groups in total. The Bertz CT molecular complexity index is 1320. The molecule has 1 atom stereocenters. The number of carbonyl (C=O) groups excluding carboxylic acids is 2. The first-order valence-electron chi connectivity index (χ1n) is 13.3. The van der Waals surface area contributed by atoms with E-state index in [0.29, 0.717) is 54.6 Å². The van der Waals surface area contributed by atoms with Gasteiger partial charge in [-0.15, -0.1) is 0 Å². The fourth-order valence-electron chi connectivity index (χ4n) is 4.66. The van der Waals surface area contributed by atoms with Gasteiger partial charge in [0.15, 0.2) is 11.5 Å². The van der Waals surface area contributed by atoms with E-state index in [1.54, 1.807) is 43.5 Å². The Morgan fingerprint density at radius 2 is 1.67 bits per heavy atom. The lowest BCUT2D eigenvalue weighted by atomic mass is 9.94. The number of ether oxygens (including phenoxy) is 3. The lowest BCUT2D eigenvalue weighted by Gasteiger charge is -2.26. The quantitative estimate of drug-likeness (QED) is 0.135. The maximum absolute atomic E-state index is 13.4. The molecule has 0 bridgehead atoms. The highest BCUT2D eigenvalue weighted by Gasteiger charge is 2.46. The van der Waals surface area contributed by atoms with Crippen LogP contribution in [0.5, 0.6) is 17.2 Å². The molecule has 3 aromatic carbocycles. The molecule has 4 rings (SSSR count). The summed E-state index contributed by atoms with van der Waals surface area (Å²) in [4.78, 5) is 28.3. The van der Waals surface area contributed by atoms with Crippen molar-refractivity contribution in [2.75, 3.05) is 26.9 Å². The van der Waals surface area contributed by atoms with Crippen molar-refractivity contribution >= 4 is 17.4 Å². The normalized spacial score (nSPS) is 16.4. The Morgan fingerprint density at radius 3 is 2.33 bits per heavy atom. The van der Waals surface area contributed by atoms with Crippen molar-refractivity contribution in [2.45, 2.75) is 39.2 Å². The smallest absolute Gasteiger partial charge is 0.295 e. The number of hydrogen-bond acceptors (Lipinski definition) is 6. The van der Waals surface area contributed by atoms with Crippen LogP contribution in [0.15, 0.2) is 78.4 Å². The molecule has 204 valence electrons. The van der Waals surface area contributed by atoms with E-state index in [2.05, 4.69) is 6.92 Å². The number of methoxy groups -OCH3 is 1. The molecular formula is C32H35NO6. The average molecular weight is 530 g/mol. The van der Waals surface area contributed by atoms with Crippen LogP contribution in [0.25, 0.3) is 5.76 Å². The van der Waals surface area contributed by atoms with Gasteiger partial charge in [-0.25, -0.2) is 0 Å². The predicted octanol–water partition coefficient (Wildman–Crippen LogP) is 5.94. The highest BCUT2D eigenvalue weighted by Crippen LogP contribution is 2.42. The lowest BCUT2D eigenvalue weighted by molar-refractivity contribution is -0.139. The van der Waals surface area contributed by atoms with Crippen molar-refractivity contribution in [3.8, 4) is 17.2 Å². The molecule has 1 unspecified atom stereocenters. The number of nitrogens with zero attached hydrogens (tertiary/aromatic N) is 1. The van der Waals surface area contributed by atoms with Gasteiger partial charge in [-0.2, -0.15) is 0 Å². The fourth-order valence-corrected chi connectivity index (χ4v) is 4.66. The van der Waals surface area contributed by atoms with Crippen LogP contribution < -0.4 is 14.2 Å². The SMILES string of the molecule is CCCCOc1ccc(C2/C(=C(\O)c3ccc(OC)cc3)C(=O)C(=O)N2CCc2ccccc2)cc1OCC. The van der Waals surface area contributed by atoms with Crippen molar-refractivity contribution in [3.05, 3.63) is 95.1 Å². The maximum Gasteiger partial charge on any atom is 0.295 e. The highest BCUT2D eigenvalue weighted by atomic mass is 16.5. The number of rotatable bonds is 12. The van der Waals surface area contributed by atoms with Crippen LogP contribution >= 0.6 is 0 Å². The molecular weight excluding hydrogens is 494 g/mol. The molecule has 1 heterocycles. The summed E-state index contributed by atoms with van der Waals surface area (Å²) in [5, 5.41) is 11.4. The van der Waals surface area contributed by atoms with Crippen LogP contribution in [-0.4, -0.2) is 48.6 Å². The molecule has 1 aliphatic rings. The standard InChI is InChI=1S/C32H35NO6/c1-4-6-20-39-26-17-14-24(21-27(26)38-5-2)29-28(30(34)23-12-15-25(37-3)16-13-23)31(35)32(36)33(29)19-18-22-10-8-7-9-11-22/h7-17,21,29,34H,4-6,18-20H2,1-3H3/b30-28+. The van der Waals surface area contributed by atoms with Crippen LogP contribution in [0.4, 0.5) is 0 Å². The van der Waals surface area contributed by atoms with Gasteiger partial charge in [0, 0.05) is 12.1 Å². The van der Waals surface area contributed by atoms with E-state index in [1.165, 1.54) is 4.90 Å². The van der Waals surface area contributed by atoms with Gasteiger partial charge in [0.05, 0.1) is 31.9 Å². The summed E-state index contributed by atoms with van der Waals surface area (Å²) >= 11 is 0. The third kappa shape index (κ3) is 6.25. The number of likely N-dealkylation sites (tertiary alicyclic amines) is 1. The first-order valence-corrected chi connectivity index (χ1v) is 13.3. The van der Waals surface area contributed by atoms with E-state index >= 15 is 0 Å². The van der Waals surface area contributed by atoms with Crippen molar-refractivity contribution in [1.29, 1.82) is 0 Å². The van der Waals surface area contributed by atoms with Crippen LogP contribution in [0.3, 0.4) is 0 Å². The average Bonchev–Trinajstić information content (AvgIpc) is 3.22. The van der Waals surface area contributed by atoms with E-state index in [1.807, 2.05) is 43.3 Å². The zero-order chi connectivity index (χ0) is 27.8. The Hall–Kier alpha value is -4.26. The Labute approximate surface area is 229 Å². The second-order valence-electron chi connectivity index (χ2n) is 9.30. The van der Waals surface area contributed by atoms with Crippen LogP contribution in [0.2, 0.25) is 0 Å². The summed E-state index contributed by atoms with van der Waals surface area (Å²) in [6.45, 7) is 5.27. The van der Waals surface area contributed by atoms with E-state index < -0.39 is 17.7 Å². The second-order valence-corrected chi connectivity index (χ2v) is 9.30. The van der Waals surface area contributed by atoms with E-state index in [9.17, 15) is 14.7 Å². The number of ketones is 1. The Balaban J connectivity index is 1.78. The number of aliphatic hydroxyl groups is 1. The van der Waals surface area contributed by atoms with Gasteiger partial charge >= 0.3 is 0 Å². The molecule has 39 heavy (non-hydrogen) atoms. The minimum absolute atomic E-state index is 0.0420. The minimum Gasteiger partial charge on any atom is -0.507 e. The molecule has 7 nitrogen and oxygen atoms in total. The highest BCUT2D eigenvalue weighted by molar-refractivity contribution is 6.46. The van der Waals surface area contributed by atoms with E-state index in [0.717, 1.165) is 18.4 Å². The third-order valence-electron chi connectivity index (χ3n) is 6.73. The van der Waals surface area contributed by atoms with E-state index in [-0.39, 0.29) is 11.3 Å². The maximum atomic E-state index is 13.4. The topological polar surface area (TPSA) is 85.3 Å². The van der Waals surface area contributed by atoms with Gasteiger partial charge < -0.3 is 24.2 Å². The molecule has 0 radical (unpaired) electrons. The predicted molar refractivity (Wildman–Crippen MR) is 150 cm³/mol. The van der Waals surface area contributed by atoms with Gasteiger partial charge in [-0.1, -0.05) is 49.7 Å². The number of Topliss-reactive ketones (excluding diaryl/α,β-unsaturated/α-hetero) is 1. The van der Waals surface area contributed by atoms with Gasteiger partial charge in [0.25, 0.3) is 11.7 Å². The van der Waals surface area contributed by atoms with Crippen molar-refractivity contribution in [2.24, 2.45) is 0 Å². The van der Waals surface area contributed by atoms with Gasteiger partial charge in [0.2, 0.25) is 0 Å². The number of aliphatic hydroxyl groups excluding tert-OH is 1. The van der Waals surface area contributed by atoms with Gasteiger partial charge in [0.1, 0.15) is 11.5 Å². The minimum atomic E-state index is -0.792. The van der Waals surface area contributed by atoms with Crippen LogP contribution in [0.1, 0.15) is 49.4 Å². The summed E-state index contributed by atoms with van der Waals surface area (Å²) in [5.74, 6) is 0.153. The van der Waals surface area contributed by atoms with Gasteiger partial charge in [-0.3, -0.25) is 9.59 Å². The first kappa shape index (κ1) is 27.8. The Morgan fingerprint density at radius 1 is 0.923 bits per heavy atom. The van der Waals surface area contributed by atoms with Gasteiger partial charge in [-0.05, 0) is 67.3 Å². The molecule has 0 saturated carbocycles. The summed E-state index contributed by atoms with van der Waals surface area (Å²) < 4.78 is 17.1. The molecule has 0 aromatic heterocycles. The number of hydrogen-bond donors (Lipinski definition) is 1.